The van der Waals surface area contributed by atoms with Gasteiger partial charge in [-0.05, 0) is 6.92 Å². The number of ether oxygens (including phenoxy) is 1. The SMILES string of the molecule is CC(C(N)=O)N1CCOCC1. The molecule has 1 aliphatic heterocycles. The van der Waals surface area contributed by atoms with Crippen LogP contribution in [-0.2, 0) is 9.53 Å². The second-order valence-electron chi connectivity index (χ2n) is 2.73. The maximum Gasteiger partial charge on any atom is 0.234 e. The second-order valence-corrected chi connectivity index (χ2v) is 2.73. The molecule has 2 N–H and O–H groups in total. The Morgan fingerprint density at radius 1 is 1.55 bits per heavy atom. The molecule has 0 aromatic rings. The van der Waals surface area contributed by atoms with Gasteiger partial charge in [0, 0.05) is 13.1 Å². The maximum atomic E-state index is 10.7. The van der Waals surface area contributed by atoms with Crippen LogP contribution in [0, 0.1) is 0 Å². The molecule has 0 saturated carbocycles. The summed E-state index contributed by atoms with van der Waals surface area (Å²) in [6, 6.07) is -0.154. The third kappa shape index (κ3) is 2.17. The lowest BCUT2D eigenvalue weighted by molar-refractivity contribution is -0.124. The normalized spacial score (nSPS) is 23.0. The van der Waals surface area contributed by atoms with Crippen molar-refractivity contribution in [3.8, 4) is 0 Å². The van der Waals surface area contributed by atoms with Crippen molar-refractivity contribution in [3.05, 3.63) is 0 Å². The molecule has 4 heteroatoms. The molecule has 1 atom stereocenters. The number of morpholine rings is 1. The molecule has 64 valence electrons. The van der Waals surface area contributed by atoms with Crippen molar-refractivity contribution in [2.75, 3.05) is 26.3 Å². The van der Waals surface area contributed by atoms with Gasteiger partial charge in [-0.1, -0.05) is 0 Å². The highest BCUT2D eigenvalue weighted by atomic mass is 16.5. The van der Waals surface area contributed by atoms with E-state index in [0.717, 1.165) is 13.1 Å². The quantitative estimate of drug-likeness (QED) is 0.572. The highest BCUT2D eigenvalue weighted by molar-refractivity contribution is 5.79. The molecular weight excluding hydrogens is 144 g/mol. The lowest BCUT2D eigenvalue weighted by atomic mass is 10.2. The molecule has 1 rings (SSSR count). The minimum atomic E-state index is -0.257. The minimum absolute atomic E-state index is 0.154. The zero-order chi connectivity index (χ0) is 8.27. The average Bonchev–Trinajstić information content (AvgIpc) is 2.05. The van der Waals surface area contributed by atoms with Gasteiger partial charge in [0.05, 0.1) is 19.3 Å². The Labute approximate surface area is 66.3 Å². The van der Waals surface area contributed by atoms with Crippen LogP contribution in [0.5, 0.6) is 0 Å². The van der Waals surface area contributed by atoms with Crippen LogP contribution < -0.4 is 5.73 Å². The standard InChI is InChI=1S/C7H14N2O2/c1-6(7(8)10)9-2-4-11-5-3-9/h6H,2-5H2,1H3,(H2,8,10). The van der Waals surface area contributed by atoms with Crippen LogP contribution in [0.25, 0.3) is 0 Å². The summed E-state index contributed by atoms with van der Waals surface area (Å²) in [5.41, 5.74) is 5.15. The van der Waals surface area contributed by atoms with E-state index in [4.69, 9.17) is 10.5 Å². The fourth-order valence-corrected chi connectivity index (χ4v) is 1.14. The van der Waals surface area contributed by atoms with E-state index < -0.39 is 0 Å². The van der Waals surface area contributed by atoms with Gasteiger partial charge in [0.1, 0.15) is 0 Å². The summed E-state index contributed by atoms with van der Waals surface area (Å²) in [4.78, 5) is 12.8. The Balaban J connectivity index is 2.38. The molecule has 1 fully saturated rings. The fourth-order valence-electron chi connectivity index (χ4n) is 1.14. The van der Waals surface area contributed by atoms with Gasteiger partial charge >= 0.3 is 0 Å². The van der Waals surface area contributed by atoms with Gasteiger partial charge < -0.3 is 10.5 Å². The van der Waals surface area contributed by atoms with Crippen molar-refractivity contribution in [2.45, 2.75) is 13.0 Å². The second kappa shape index (κ2) is 3.69. The van der Waals surface area contributed by atoms with Gasteiger partial charge in [-0.2, -0.15) is 0 Å². The molecule has 1 heterocycles. The number of carbonyl (C=O) groups is 1. The predicted molar refractivity (Wildman–Crippen MR) is 41.0 cm³/mol. The summed E-state index contributed by atoms with van der Waals surface area (Å²) in [7, 11) is 0. The van der Waals surface area contributed by atoms with Crippen molar-refractivity contribution < 1.29 is 9.53 Å². The third-order valence-electron chi connectivity index (χ3n) is 2.01. The first kappa shape index (κ1) is 8.49. The number of rotatable bonds is 2. The maximum absolute atomic E-state index is 10.7. The van der Waals surface area contributed by atoms with Gasteiger partial charge in [0.2, 0.25) is 5.91 Å². The van der Waals surface area contributed by atoms with Gasteiger partial charge in [0.15, 0.2) is 0 Å². The first-order valence-corrected chi connectivity index (χ1v) is 3.83. The van der Waals surface area contributed by atoms with Crippen molar-refractivity contribution in [1.82, 2.24) is 4.90 Å². The molecule has 1 unspecified atom stereocenters. The monoisotopic (exact) mass is 158 g/mol. The van der Waals surface area contributed by atoms with Crippen LogP contribution in [0.4, 0.5) is 0 Å². The summed E-state index contributed by atoms with van der Waals surface area (Å²) in [6.45, 7) is 4.86. The lowest BCUT2D eigenvalue weighted by Crippen LogP contribution is -2.48. The highest BCUT2D eigenvalue weighted by Crippen LogP contribution is 2.01. The van der Waals surface area contributed by atoms with Crippen LogP contribution in [-0.4, -0.2) is 43.2 Å². The first-order valence-electron chi connectivity index (χ1n) is 3.83. The molecule has 0 aliphatic carbocycles. The lowest BCUT2D eigenvalue weighted by Gasteiger charge is -2.30. The van der Waals surface area contributed by atoms with Crippen molar-refractivity contribution in [3.63, 3.8) is 0 Å². The molecule has 0 bridgehead atoms. The number of carbonyl (C=O) groups excluding carboxylic acids is 1. The van der Waals surface area contributed by atoms with Gasteiger partial charge in [-0.25, -0.2) is 0 Å². The van der Waals surface area contributed by atoms with Gasteiger partial charge in [0.25, 0.3) is 0 Å². The summed E-state index contributed by atoms with van der Waals surface area (Å²) in [6.07, 6.45) is 0. The number of nitrogens with zero attached hydrogens (tertiary/aromatic N) is 1. The smallest absolute Gasteiger partial charge is 0.234 e. The first-order chi connectivity index (χ1) is 5.22. The number of nitrogens with two attached hydrogens (primary N) is 1. The van der Waals surface area contributed by atoms with Crippen molar-refractivity contribution in [1.29, 1.82) is 0 Å². The number of primary amides is 1. The Morgan fingerprint density at radius 3 is 2.55 bits per heavy atom. The van der Waals surface area contributed by atoms with Crippen molar-refractivity contribution >= 4 is 5.91 Å². The van der Waals surface area contributed by atoms with Crippen LogP contribution >= 0.6 is 0 Å². The predicted octanol–water partition coefficient (Wildman–Crippen LogP) is -0.808. The molecule has 1 aliphatic rings. The van der Waals surface area contributed by atoms with E-state index in [1.165, 1.54) is 0 Å². The van der Waals surface area contributed by atoms with Crippen LogP contribution in [0.3, 0.4) is 0 Å². The summed E-state index contributed by atoms with van der Waals surface area (Å²) in [5, 5.41) is 0. The molecule has 11 heavy (non-hydrogen) atoms. The summed E-state index contributed by atoms with van der Waals surface area (Å²) in [5.74, 6) is -0.257. The Hall–Kier alpha value is -0.610. The van der Waals surface area contributed by atoms with E-state index in [1.54, 1.807) is 0 Å². The molecule has 1 amide bonds. The fraction of sp³-hybridized carbons (Fsp3) is 0.857. The Bertz CT molecular complexity index is 143. The van der Waals surface area contributed by atoms with Crippen molar-refractivity contribution in [2.24, 2.45) is 5.73 Å². The zero-order valence-electron chi connectivity index (χ0n) is 6.75. The zero-order valence-corrected chi connectivity index (χ0v) is 6.75. The van der Waals surface area contributed by atoms with E-state index in [1.807, 2.05) is 11.8 Å². The molecule has 4 nitrogen and oxygen atoms in total. The number of amides is 1. The number of hydrogen-bond acceptors (Lipinski definition) is 3. The average molecular weight is 158 g/mol. The van der Waals surface area contributed by atoms with E-state index in [9.17, 15) is 4.79 Å². The topological polar surface area (TPSA) is 55.6 Å². The molecular formula is C7H14N2O2. The highest BCUT2D eigenvalue weighted by Gasteiger charge is 2.20. The largest absolute Gasteiger partial charge is 0.379 e. The van der Waals surface area contributed by atoms with Crippen LogP contribution in [0.15, 0.2) is 0 Å². The van der Waals surface area contributed by atoms with E-state index in [-0.39, 0.29) is 11.9 Å². The van der Waals surface area contributed by atoms with Gasteiger partial charge in [-0.15, -0.1) is 0 Å². The summed E-state index contributed by atoms with van der Waals surface area (Å²) < 4.78 is 5.14. The minimum Gasteiger partial charge on any atom is -0.379 e. The molecule has 0 aromatic carbocycles. The van der Waals surface area contributed by atoms with E-state index >= 15 is 0 Å². The molecule has 0 spiro atoms. The Morgan fingerprint density at radius 2 is 2.09 bits per heavy atom. The number of hydrogen-bond donors (Lipinski definition) is 1. The molecule has 1 saturated heterocycles. The molecule has 0 radical (unpaired) electrons. The van der Waals surface area contributed by atoms with E-state index in [0.29, 0.717) is 13.2 Å². The van der Waals surface area contributed by atoms with E-state index in [2.05, 4.69) is 0 Å². The summed E-state index contributed by atoms with van der Waals surface area (Å²) >= 11 is 0. The molecule has 0 aromatic heterocycles. The van der Waals surface area contributed by atoms with Gasteiger partial charge in [-0.3, -0.25) is 9.69 Å². The van der Waals surface area contributed by atoms with Crippen LogP contribution in [0.2, 0.25) is 0 Å². The Kier molecular flexibility index (Phi) is 2.84. The van der Waals surface area contributed by atoms with Crippen LogP contribution in [0.1, 0.15) is 6.92 Å². The third-order valence-corrected chi connectivity index (χ3v) is 2.01.